The number of halogens is 1. The normalized spacial score (nSPS) is 19.5. The molecule has 0 spiro atoms. The van der Waals surface area contributed by atoms with Crippen LogP contribution < -0.4 is 5.73 Å². The molecule has 1 heterocycles. The van der Waals surface area contributed by atoms with Gasteiger partial charge in [-0.3, -0.25) is 4.90 Å². The molecule has 0 radical (unpaired) electrons. The number of benzene rings is 1. The van der Waals surface area contributed by atoms with Crippen LogP contribution in [0.5, 0.6) is 0 Å². The van der Waals surface area contributed by atoms with E-state index < -0.39 is 0 Å². The molecule has 0 bridgehead atoms. The molecule has 3 nitrogen and oxygen atoms in total. The summed E-state index contributed by atoms with van der Waals surface area (Å²) in [5, 5.41) is 0. The van der Waals surface area contributed by atoms with E-state index in [1.807, 2.05) is 12.1 Å². The molecule has 2 rings (SSSR count). The maximum absolute atomic E-state index is 13.3. The number of aryl methyl sites for hydroxylation is 1. The Balaban J connectivity index is 2.17. The van der Waals surface area contributed by atoms with E-state index in [-0.39, 0.29) is 11.9 Å². The molecule has 0 amide bonds. The molecule has 100 valence electrons. The summed E-state index contributed by atoms with van der Waals surface area (Å²) in [6.45, 7) is 5.77. The van der Waals surface area contributed by atoms with Gasteiger partial charge in [0.05, 0.1) is 6.61 Å². The van der Waals surface area contributed by atoms with E-state index >= 15 is 0 Å². The lowest BCUT2D eigenvalue weighted by Crippen LogP contribution is -2.35. The molecule has 0 saturated carbocycles. The summed E-state index contributed by atoms with van der Waals surface area (Å²) in [4.78, 5) is 2.33. The van der Waals surface area contributed by atoms with Gasteiger partial charge >= 0.3 is 0 Å². The van der Waals surface area contributed by atoms with Gasteiger partial charge in [-0.05, 0) is 30.5 Å². The number of ether oxygens (including phenoxy) is 1. The third kappa shape index (κ3) is 3.07. The van der Waals surface area contributed by atoms with Crippen molar-refractivity contribution in [3.8, 4) is 0 Å². The van der Waals surface area contributed by atoms with Crippen molar-refractivity contribution in [1.29, 1.82) is 0 Å². The lowest BCUT2D eigenvalue weighted by atomic mass is 10.0. The van der Waals surface area contributed by atoms with Gasteiger partial charge in [0.15, 0.2) is 0 Å². The second kappa shape index (κ2) is 6.27. The minimum Gasteiger partial charge on any atom is -0.380 e. The third-order valence-corrected chi connectivity index (χ3v) is 3.49. The van der Waals surface area contributed by atoms with Crippen molar-refractivity contribution in [3.05, 3.63) is 35.1 Å². The summed E-state index contributed by atoms with van der Waals surface area (Å²) in [6.07, 6.45) is 1.02. The maximum atomic E-state index is 13.3. The Morgan fingerprint density at radius 2 is 2.22 bits per heavy atom. The van der Waals surface area contributed by atoms with Crippen LogP contribution >= 0.6 is 0 Å². The Labute approximate surface area is 108 Å². The van der Waals surface area contributed by atoms with Crippen molar-refractivity contribution >= 4 is 0 Å². The first-order valence-corrected chi connectivity index (χ1v) is 6.50. The number of rotatable bonds is 3. The van der Waals surface area contributed by atoms with Crippen LogP contribution in [0.1, 0.15) is 23.6 Å². The molecular weight excluding hydrogens is 231 g/mol. The Kier molecular flexibility index (Phi) is 4.69. The molecule has 4 heteroatoms. The van der Waals surface area contributed by atoms with E-state index in [0.717, 1.165) is 38.3 Å². The van der Waals surface area contributed by atoms with Crippen LogP contribution in [0.25, 0.3) is 0 Å². The van der Waals surface area contributed by atoms with E-state index in [1.54, 1.807) is 6.92 Å². The standard InChI is InChI=1S/C14H21FN2O/c1-11-9-12(3-4-13(11)15)14(10-16)17-5-2-7-18-8-6-17/h3-4,9,14H,2,5-8,10,16H2,1H3. The highest BCUT2D eigenvalue weighted by Gasteiger charge is 2.20. The fraction of sp³-hybridized carbons (Fsp3) is 0.571. The van der Waals surface area contributed by atoms with E-state index in [1.165, 1.54) is 6.07 Å². The zero-order valence-corrected chi connectivity index (χ0v) is 10.9. The zero-order valence-electron chi connectivity index (χ0n) is 10.9. The topological polar surface area (TPSA) is 38.5 Å². The molecule has 18 heavy (non-hydrogen) atoms. The fourth-order valence-electron chi connectivity index (χ4n) is 2.45. The molecule has 1 aliphatic heterocycles. The summed E-state index contributed by atoms with van der Waals surface area (Å²) in [6, 6.07) is 5.43. The van der Waals surface area contributed by atoms with Crippen molar-refractivity contribution in [2.24, 2.45) is 5.73 Å². The molecule has 1 fully saturated rings. The smallest absolute Gasteiger partial charge is 0.126 e. The van der Waals surface area contributed by atoms with Gasteiger partial charge < -0.3 is 10.5 Å². The van der Waals surface area contributed by atoms with Crippen molar-refractivity contribution in [2.45, 2.75) is 19.4 Å². The van der Waals surface area contributed by atoms with Crippen LogP contribution in [0, 0.1) is 12.7 Å². The van der Waals surface area contributed by atoms with E-state index in [4.69, 9.17) is 10.5 Å². The molecule has 2 N–H and O–H groups in total. The summed E-state index contributed by atoms with van der Waals surface area (Å²) >= 11 is 0. The Bertz CT molecular complexity index is 389. The highest BCUT2D eigenvalue weighted by atomic mass is 19.1. The molecular formula is C14H21FN2O. The van der Waals surface area contributed by atoms with Gasteiger partial charge in [0.2, 0.25) is 0 Å². The first-order chi connectivity index (χ1) is 8.72. The third-order valence-electron chi connectivity index (χ3n) is 3.49. The predicted molar refractivity (Wildman–Crippen MR) is 69.9 cm³/mol. The summed E-state index contributed by atoms with van der Waals surface area (Å²) in [7, 11) is 0. The van der Waals surface area contributed by atoms with E-state index in [9.17, 15) is 4.39 Å². The van der Waals surface area contributed by atoms with Crippen LogP contribution in [0.4, 0.5) is 4.39 Å². The quantitative estimate of drug-likeness (QED) is 0.892. The Morgan fingerprint density at radius 1 is 1.39 bits per heavy atom. The molecule has 0 aromatic heterocycles. The van der Waals surface area contributed by atoms with Gasteiger partial charge in [-0.1, -0.05) is 12.1 Å². The van der Waals surface area contributed by atoms with Gasteiger partial charge in [-0.25, -0.2) is 4.39 Å². The SMILES string of the molecule is Cc1cc(C(CN)N2CCCOCC2)ccc1F. The van der Waals surface area contributed by atoms with E-state index in [2.05, 4.69) is 4.90 Å². The predicted octanol–water partition coefficient (Wildman–Crippen LogP) is 1.86. The molecule has 1 aromatic carbocycles. The monoisotopic (exact) mass is 252 g/mol. The molecule has 1 saturated heterocycles. The number of hydrogen-bond acceptors (Lipinski definition) is 3. The van der Waals surface area contributed by atoms with Crippen LogP contribution in [-0.2, 0) is 4.74 Å². The average Bonchev–Trinajstić information content (AvgIpc) is 2.64. The summed E-state index contributed by atoms with van der Waals surface area (Å²) < 4.78 is 18.8. The van der Waals surface area contributed by atoms with Crippen LogP contribution in [0.2, 0.25) is 0 Å². The van der Waals surface area contributed by atoms with Crippen molar-refractivity contribution in [3.63, 3.8) is 0 Å². The van der Waals surface area contributed by atoms with Gasteiger partial charge in [-0.15, -0.1) is 0 Å². The lowest BCUT2D eigenvalue weighted by molar-refractivity contribution is 0.132. The molecule has 1 atom stereocenters. The number of hydrogen-bond donors (Lipinski definition) is 1. The summed E-state index contributed by atoms with van der Waals surface area (Å²) in [5.74, 6) is -0.159. The van der Waals surface area contributed by atoms with Crippen LogP contribution in [-0.4, -0.2) is 37.7 Å². The van der Waals surface area contributed by atoms with Crippen LogP contribution in [0.3, 0.4) is 0 Å². The molecule has 1 unspecified atom stereocenters. The second-order valence-corrected chi connectivity index (χ2v) is 4.76. The maximum Gasteiger partial charge on any atom is 0.126 e. The fourth-order valence-corrected chi connectivity index (χ4v) is 2.45. The van der Waals surface area contributed by atoms with Crippen LogP contribution in [0.15, 0.2) is 18.2 Å². The van der Waals surface area contributed by atoms with Gasteiger partial charge in [0, 0.05) is 32.3 Å². The Morgan fingerprint density at radius 3 is 2.94 bits per heavy atom. The first kappa shape index (κ1) is 13.5. The molecule has 1 aliphatic rings. The molecule has 1 aromatic rings. The molecule has 0 aliphatic carbocycles. The minimum atomic E-state index is -0.159. The Hall–Kier alpha value is -0.970. The van der Waals surface area contributed by atoms with Gasteiger partial charge in [0.25, 0.3) is 0 Å². The van der Waals surface area contributed by atoms with Gasteiger partial charge in [0.1, 0.15) is 5.82 Å². The highest BCUT2D eigenvalue weighted by Crippen LogP contribution is 2.22. The number of nitrogens with zero attached hydrogens (tertiary/aromatic N) is 1. The minimum absolute atomic E-state index is 0.158. The lowest BCUT2D eigenvalue weighted by Gasteiger charge is -2.29. The second-order valence-electron chi connectivity index (χ2n) is 4.76. The first-order valence-electron chi connectivity index (χ1n) is 6.50. The van der Waals surface area contributed by atoms with Crippen molar-refractivity contribution < 1.29 is 9.13 Å². The number of nitrogens with two attached hydrogens (primary N) is 1. The van der Waals surface area contributed by atoms with E-state index in [0.29, 0.717) is 12.1 Å². The highest BCUT2D eigenvalue weighted by molar-refractivity contribution is 5.27. The average molecular weight is 252 g/mol. The zero-order chi connectivity index (χ0) is 13.0. The van der Waals surface area contributed by atoms with Crippen molar-refractivity contribution in [1.82, 2.24) is 4.90 Å². The largest absolute Gasteiger partial charge is 0.380 e. The summed E-state index contributed by atoms with van der Waals surface area (Å²) in [5.41, 5.74) is 7.67. The van der Waals surface area contributed by atoms with Gasteiger partial charge in [-0.2, -0.15) is 0 Å². The van der Waals surface area contributed by atoms with Crippen molar-refractivity contribution in [2.75, 3.05) is 32.8 Å².